The molecule has 508 valence electrons. The Morgan fingerprint density at radius 2 is 0.898 bits per heavy atom. The molecule has 17 rings (SSSR count). The first kappa shape index (κ1) is 65.4. The van der Waals surface area contributed by atoms with E-state index in [1.807, 2.05) is 99.6 Å². The van der Waals surface area contributed by atoms with Crippen molar-refractivity contribution in [2.24, 2.45) is 46.4 Å². The fourth-order valence-corrected chi connectivity index (χ4v) is 15.0. The van der Waals surface area contributed by atoms with Crippen LogP contribution in [0.5, 0.6) is 17.2 Å². The average Bonchev–Trinajstić information content (AvgIpc) is 1.60. The molecule has 6 atom stereocenters. The lowest BCUT2D eigenvalue weighted by Gasteiger charge is -2.24. The summed E-state index contributed by atoms with van der Waals surface area (Å²) >= 11 is 0. The second kappa shape index (κ2) is 28.6. The molecule has 0 radical (unpaired) electrons. The molecule has 6 aromatic carbocycles. The van der Waals surface area contributed by atoms with E-state index in [0.717, 1.165) is 114 Å². The van der Waals surface area contributed by atoms with Crippen LogP contribution >= 0.6 is 0 Å². The van der Waals surface area contributed by atoms with Gasteiger partial charge in [0.15, 0.2) is 5.84 Å². The summed E-state index contributed by atoms with van der Waals surface area (Å²) in [6.45, 7) is 5.90. The van der Waals surface area contributed by atoms with Gasteiger partial charge in [0.1, 0.15) is 17.2 Å². The number of aromatic carboxylic acids is 1. The predicted octanol–water partition coefficient (Wildman–Crippen LogP) is 11.1. The Balaban J connectivity index is 0.000000117. The molecule has 5 heterocycles. The second-order valence-electron chi connectivity index (χ2n) is 27.1. The number of carbonyl (C=O) groups is 4. The van der Waals surface area contributed by atoms with Crippen LogP contribution in [0.25, 0.3) is 45.7 Å². The number of aliphatic hydroxyl groups is 2. The van der Waals surface area contributed by atoms with Crippen molar-refractivity contribution in [1.82, 2.24) is 35.0 Å². The smallest absolute Gasteiger partial charge is 0.335 e. The summed E-state index contributed by atoms with van der Waals surface area (Å²) in [6.07, 6.45) is 12.6. The number of aromatic nitrogens is 4. The number of likely N-dealkylation sites (tertiary alicyclic amines) is 3. The SMILES string of the molecule is CCCN1C(=O)CC2Cc3c(/C(N)=N/O)cccc3C21.O=C(O)c1ccc(OCC2CC2)cc1.O=C1CC2Cc3c(-c4noc(-c5ccc(OCC6CC6)cc5)n4)cccc3C2N1CCO.O=C1CC2Cc3c(-c4noc(-c5ccc(OCC6CC6)cc5)n4)cccc3C2N1CCO. The number of benzene rings is 6. The minimum absolute atomic E-state index is 0.0252. The number of amidine groups is 1. The van der Waals surface area contributed by atoms with E-state index in [1.165, 1.54) is 55.2 Å². The highest BCUT2D eigenvalue weighted by molar-refractivity contribution is 5.99. The molecule has 9 aliphatic rings. The van der Waals surface area contributed by atoms with Crippen LogP contribution in [0.15, 0.2) is 142 Å². The first-order valence-electron chi connectivity index (χ1n) is 34.4. The van der Waals surface area contributed by atoms with E-state index in [-0.39, 0.29) is 66.7 Å². The molecule has 22 heteroatoms. The number of ether oxygens (including phenoxy) is 3. The van der Waals surface area contributed by atoms with Crippen LogP contribution in [0, 0.1) is 35.5 Å². The van der Waals surface area contributed by atoms with E-state index < -0.39 is 5.97 Å². The summed E-state index contributed by atoms with van der Waals surface area (Å²) in [5.74, 6) is 7.23. The van der Waals surface area contributed by atoms with Gasteiger partial charge in [0.2, 0.25) is 29.4 Å². The predicted molar refractivity (Wildman–Crippen MR) is 361 cm³/mol. The Bertz CT molecular complexity index is 4050. The third-order valence-corrected chi connectivity index (χ3v) is 20.3. The highest BCUT2D eigenvalue weighted by atomic mass is 16.5. The largest absolute Gasteiger partial charge is 0.493 e. The topological polar surface area (TPSA) is 303 Å². The maximum absolute atomic E-state index is 12.4. The van der Waals surface area contributed by atoms with E-state index in [0.29, 0.717) is 85.0 Å². The standard InChI is InChI=1S/2C25H25N3O4.C15H19N3O2.C11H12O3/c2*29-11-10-28-22(30)13-17-12-21-19(23(17)28)2-1-3-20(21)24-26-25(32-27-24)16-6-8-18(9-7-16)31-14-15-4-5-15;1-2-6-18-13(19)8-9-7-12-10(14(9)18)4-3-5-11(12)15(16)17-20;12-11(13)9-3-5-10(6-4-9)14-7-8-1-2-8/h2*1-3,6-9,15,17,23,29H,4-5,10-14H2;3-5,9,14,20H,2,6-8H2,1H3,(H2,16,17);3-6,8H,1-2,7H2,(H,12,13). The van der Waals surface area contributed by atoms with Gasteiger partial charge in [0.05, 0.1) is 56.7 Å². The van der Waals surface area contributed by atoms with Gasteiger partial charge in [-0.1, -0.05) is 77.0 Å². The maximum Gasteiger partial charge on any atom is 0.335 e. The first-order valence-corrected chi connectivity index (χ1v) is 34.4. The molecular weight excluding hydrogens is 1250 g/mol. The monoisotopic (exact) mass is 1330 g/mol. The molecule has 98 heavy (non-hydrogen) atoms. The molecule has 6 N–H and O–H groups in total. The number of β-amino-alcohol motifs (C(OH)–C–C–N with tert-alkyl or cyclic N) is 2. The molecular formula is C76H81N9O13. The number of hydrogen-bond donors (Lipinski definition) is 5. The number of aliphatic hydroxyl groups excluding tert-OH is 2. The van der Waals surface area contributed by atoms with Crippen LogP contribution in [0.4, 0.5) is 0 Å². The van der Waals surface area contributed by atoms with Crippen molar-refractivity contribution in [3.05, 3.63) is 172 Å². The molecule has 6 unspecified atom stereocenters. The van der Waals surface area contributed by atoms with E-state index >= 15 is 0 Å². The Morgan fingerprint density at radius 3 is 1.28 bits per heavy atom. The molecule has 8 aromatic rings. The quantitative estimate of drug-likeness (QED) is 0.0193. The number of carboxylic acid groups (broad SMARTS) is 1. The normalized spacial score (nSPS) is 21.4. The third kappa shape index (κ3) is 14.0. The Labute approximate surface area is 567 Å². The van der Waals surface area contributed by atoms with E-state index in [4.69, 9.17) is 39.3 Å². The van der Waals surface area contributed by atoms with Gasteiger partial charge in [-0.05, 0) is 206 Å². The van der Waals surface area contributed by atoms with E-state index in [9.17, 15) is 29.4 Å². The molecule has 3 saturated carbocycles. The minimum Gasteiger partial charge on any atom is -0.493 e. The van der Waals surface area contributed by atoms with Crippen molar-refractivity contribution in [1.29, 1.82) is 0 Å². The zero-order chi connectivity index (χ0) is 67.6. The van der Waals surface area contributed by atoms with Crippen LogP contribution in [0.1, 0.15) is 139 Å². The minimum atomic E-state index is -0.904. The lowest BCUT2D eigenvalue weighted by Crippen LogP contribution is -2.30. The first-order chi connectivity index (χ1) is 47.8. The average molecular weight is 1330 g/mol. The number of nitrogens with two attached hydrogens (primary N) is 1. The fourth-order valence-electron chi connectivity index (χ4n) is 15.0. The number of fused-ring (bicyclic) bond motifs is 9. The van der Waals surface area contributed by atoms with Crippen LogP contribution in [-0.2, 0) is 33.6 Å². The lowest BCUT2D eigenvalue weighted by molar-refractivity contribution is -0.130. The molecule has 6 aliphatic carbocycles. The van der Waals surface area contributed by atoms with Crippen LogP contribution in [0.2, 0.25) is 0 Å². The van der Waals surface area contributed by atoms with Crippen molar-refractivity contribution in [2.45, 2.75) is 109 Å². The van der Waals surface area contributed by atoms with Gasteiger partial charge in [0.25, 0.3) is 11.8 Å². The number of amides is 3. The van der Waals surface area contributed by atoms with E-state index in [2.05, 4.69) is 50.6 Å². The number of oxime groups is 1. The zero-order valence-electron chi connectivity index (χ0n) is 54.8. The molecule has 3 aliphatic heterocycles. The molecule has 0 spiro atoms. The van der Waals surface area contributed by atoms with Crippen LogP contribution < -0.4 is 19.9 Å². The number of hydrogen-bond acceptors (Lipinski definition) is 17. The van der Waals surface area contributed by atoms with Crippen molar-refractivity contribution < 1.29 is 63.0 Å². The summed E-state index contributed by atoms with van der Waals surface area (Å²) in [5.41, 5.74) is 17.4. The van der Waals surface area contributed by atoms with Crippen LogP contribution in [-0.4, -0.2) is 138 Å². The Morgan fingerprint density at radius 1 is 0.520 bits per heavy atom. The molecule has 0 bridgehead atoms. The highest BCUT2D eigenvalue weighted by Gasteiger charge is 2.49. The Kier molecular flexibility index (Phi) is 19.1. The number of carbonyl (C=O) groups excluding carboxylic acids is 3. The third-order valence-electron chi connectivity index (χ3n) is 20.3. The van der Waals surface area contributed by atoms with Gasteiger partial charge in [-0.15, -0.1) is 0 Å². The number of rotatable bonds is 21. The molecule has 3 saturated heterocycles. The molecule has 6 fully saturated rings. The number of nitrogens with zero attached hydrogens (tertiary/aromatic N) is 8. The second-order valence-corrected chi connectivity index (χ2v) is 27.1. The van der Waals surface area contributed by atoms with E-state index in [1.54, 1.807) is 24.3 Å². The van der Waals surface area contributed by atoms with Gasteiger partial charge in [-0.2, -0.15) is 9.97 Å². The van der Waals surface area contributed by atoms with Crippen molar-refractivity contribution in [3.63, 3.8) is 0 Å². The van der Waals surface area contributed by atoms with Gasteiger partial charge in [0, 0.05) is 66.7 Å². The summed E-state index contributed by atoms with van der Waals surface area (Å²) in [5, 5.41) is 48.0. The Hall–Kier alpha value is -9.93. The summed E-state index contributed by atoms with van der Waals surface area (Å²) in [6, 6.07) is 40.3. The van der Waals surface area contributed by atoms with Gasteiger partial charge in [-0.25, -0.2) is 4.79 Å². The molecule has 22 nitrogen and oxygen atoms in total. The van der Waals surface area contributed by atoms with Crippen LogP contribution in [0.3, 0.4) is 0 Å². The summed E-state index contributed by atoms with van der Waals surface area (Å²) in [4.78, 5) is 62.3. The van der Waals surface area contributed by atoms with Gasteiger partial charge >= 0.3 is 5.97 Å². The molecule has 3 amide bonds. The van der Waals surface area contributed by atoms with Crippen molar-refractivity contribution in [2.75, 3.05) is 52.7 Å². The zero-order valence-corrected chi connectivity index (χ0v) is 54.8. The van der Waals surface area contributed by atoms with Gasteiger partial charge < -0.3 is 64.2 Å². The number of carboxylic acids is 1. The molecule has 2 aromatic heterocycles. The van der Waals surface area contributed by atoms with Crippen molar-refractivity contribution in [3.8, 4) is 62.9 Å². The van der Waals surface area contributed by atoms with Gasteiger partial charge in [-0.3, -0.25) is 14.4 Å². The fraction of sp³-hybridized carbons (Fsp3) is 0.408. The highest BCUT2D eigenvalue weighted by Crippen LogP contribution is 2.52. The summed E-state index contributed by atoms with van der Waals surface area (Å²) < 4.78 is 28.3. The lowest BCUT2D eigenvalue weighted by atomic mass is 10.0. The maximum atomic E-state index is 12.4. The van der Waals surface area contributed by atoms with Crippen molar-refractivity contribution >= 4 is 29.5 Å². The summed E-state index contributed by atoms with van der Waals surface area (Å²) in [7, 11) is 0.